The van der Waals surface area contributed by atoms with E-state index in [2.05, 4.69) is 127 Å². The molecule has 1 heterocycles. The average Bonchev–Trinajstić information content (AvgIpc) is 3.04. The molecule has 0 bridgehead atoms. The monoisotopic (exact) mass is 513 g/mol. The van der Waals surface area contributed by atoms with Crippen LogP contribution in [-0.4, -0.2) is 0 Å². The normalized spacial score (nSPS) is 13.1. The third-order valence-corrected chi connectivity index (χ3v) is 8.63. The maximum absolute atomic E-state index is 7.12. The van der Waals surface area contributed by atoms with Gasteiger partial charge in [-0.1, -0.05) is 115 Å². The zero-order valence-electron chi connectivity index (χ0n) is 22.4. The molecule has 40 heavy (non-hydrogen) atoms. The van der Waals surface area contributed by atoms with Crippen molar-refractivity contribution in [3.63, 3.8) is 0 Å². The smallest absolute Gasteiger partial charge is 0.206 e. The average molecular weight is 514 g/mol. The summed E-state index contributed by atoms with van der Waals surface area (Å²) >= 11 is 0. The zero-order valence-corrected chi connectivity index (χ0v) is 22.4. The van der Waals surface area contributed by atoms with Gasteiger partial charge >= 0.3 is 11.5 Å². The maximum Gasteiger partial charge on any atom is 0.364 e. The van der Waals surface area contributed by atoms with Gasteiger partial charge in [0.2, 0.25) is 0 Å². The van der Waals surface area contributed by atoms with Crippen molar-refractivity contribution >= 4 is 0 Å². The van der Waals surface area contributed by atoms with E-state index < -0.39 is 0 Å². The Hall–Kier alpha value is -4.75. The number of benzene rings is 5. The van der Waals surface area contributed by atoms with Gasteiger partial charge in [-0.3, -0.25) is 0 Å². The van der Waals surface area contributed by atoms with E-state index >= 15 is 0 Å². The lowest BCUT2D eigenvalue weighted by Crippen LogP contribution is -2.12. The molecular weight excluding hydrogens is 484 g/mol. The summed E-state index contributed by atoms with van der Waals surface area (Å²) in [6.07, 6.45) is 4.04. The maximum atomic E-state index is 7.12. The fourth-order valence-corrected chi connectivity index (χ4v) is 6.65. The Morgan fingerprint density at radius 1 is 0.375 bits per heavy atom. The first kappa shape index (κ1) is 23.2. The van der Waals surface area contributed by atoms with Crippen LogP contribution in [0.25, 0.3) is 56.0 Å². The van der Waals surface area contributed by atoms with E-state index in [1.807, 2.05) is 0 Å². The molecule has 0 saturated carbocycles. The molecule has 1 nitrogen and oxygen atoms in total. The van der Waals surface area contributed by atoms with E-state index in [9.17, 15) is 0 Å². The lowest BCUT2D eigenvalue weighted by atomic mass is 9.79. The summed E-state index contributed by atoms with van der Waals surface area (Å²) in [7, 11) is 0. The number of aryl methyl sites for hydroxylation is 2. The second kappa shape index (κ2) is 9.47. The molecule has 0 N–H and O–H groups in total. The number of rotatable bonds is 3. The standard InChI is InChI=1S/C39H29O/c1-4-10-26(11-5-1)31-18-16-28-20-22-33-37(30-14-8-3-9-15-30)34-23-21-29-17-19-32(27-12-6-2-7-13-27)25-36(29)39(34)40-38(33)35(28)24-31/h1-19,24-25H,20-23H2/q+1. The van der Waals surface area contributed by atoms with E-state index in [4.69, 9.17) is 4.42 Å². The van der Waals surface area contributed by atoms with Crippen molar-refractivity contribution in [1.82, 2.24) is 0 Å². The van der Waals surface area contributed by atoms with Crippen LogP contribution in [0, 0.1) is 0 Å². The van der Waals surface area contributed by atoms with Crippen LogP contribution in [0.4, 0.5) is 0 Å². The SMILES string of the molecule is c1ccc(-c2ccc3c(c2)-c2[o+]c4c(c(-c5ccccc5)c2CC3)CCc2ccc(-c3ccccc3)cc2-4)cc1. The second-order valence-corrected chi connectivity index (χ2v) is 10.9. The third-order valence-electron chi connectivity index (χ3n) is 8.63. The van der Waals surface area contributed by atoms with E-state index in [1.165, 1.54) is 66.8 Å². The molecule has 190 valence electrons. The molecule has 1 heteroatoms. The van der Waals surface area contributed by atoms with Gasteiger partial charge in [0.25, 0.3) is 0 Å². The highest BCUT2D eigenvalue weighted by atomic mass is 16.3. The summed E-state index contributed by atoms with van der Waals surface area (Å²) in [5.74, 6) is 2.07. The topological polar surface area (TPSA) is 11.3 Å². The van der Waals surface area contributed by atoms with Gasteiger partial charge in [0, 0.05) is 5.56 Å². The lowest BCUT2D eigenvalue weighted by Gasteiger charge is -2.23. The molecule has 2 aliphatic rings. The highest BCUT2D eigenvalue weighted by Gasteiger charge is 2.38. The van der Waals surface area contributed by atoms with E-state index in [0.717, 1.165) is 37.2 Å². The Bertz CT molecular complexity index is 1750. The third kappa shape index (κ3) is 3.81. The molecular formula is C39H29O+. The molecule has 0 fully saturated rings. The van der Waals surface area contributed by atoms with Crippen molar-refractivity contribution in [1.29, 1.82) is 0 Å². The van der Waals surface area contributed by atoms with Crippen LogP contribution in [0.5, 0.6) is 0 Å². The largest absolute Gasteiger partial charge is 0.364 e. The van der Waals surface area contributed by atoms with Gasteiger partial charge in [0.05, 0.1) is 22.3 Å². The molecule has 0 aliphatic heterocycles. The van der Waals surface area contributed by atoms with Gasteiger partial charge in [-0.2, -0.15) is 0 Å². The first-order chi connectivity index (χ1) is 19.8. The first-order valence-corrected chi connectivity index (χ1v) is 14.3. The van der Waals surface area contributed by atoms with Crippen LogP contribution >= 0.6 is 0 Å². The van der Waals surface area contributed by atoms with Crippen molar-refractivity contribution in [2.24, 2.45) is 0 Å². The lowest BCUT2D eigenvalue weighted by molar-refractivity contribution is 0.556. The Morgan fingerprint density at radius 2 is 0.800 bits per heavy atom. The van der Waals surface area contributed by atoms with Crippen LogP contribution in [0.2, 0.25) is 0 Å². The van der Waals surface area contributed by atoms with Gasteiger partial charge in [-0.15, -0.1) is 0 Å². The Morgan fingerprint density at radius 3 is 1.25 bits per heavy atom. The minimum Gasteiger partial charge on any atom is -0.206 e. The van der Waals surface area contributed by atoms with Gasteiger partial charge in [-0.25, -0.2) is 4.42 Å². The summed E-state index contributed by atoms with van der Waals surface area (Å²) in [5.41, 5.74) is 15.5. The number of hydrogen-bond donors (Lipinski definition) is 0. The molecule has 6 aromatic rings. The van der Waals surface area contributed by atoms with Gasteiger partial charge in [-0.05, 0) is 76.8 Å². The molecule has 0 radical (unpaired) electrons. The van der Waals surface area contributed by atoms with Crippen molar-refractivity contribution < 1.29 is 4.42 Å². The van der Waals surface area contributed by atoms with Crippen LogP contribution in [0.1, 0.15) is 22.3 Å². The molecule has 5 aromatic carbocycles. The predicted octanol–water partition coefficient (Wildman–Crippen LogP) is 10.1. The van der Waals surface area contributed by atoms with E-state index in [0.29, 0.717) is 0 Å². The van der Waals surface area contributed by atoms with E-state index in [1.54, 1.807) is 0 Å². The van der Waals surface area contributed by atoms with Crippen LogP contribution < -0.4 is 0 Å². The fourth-order valence-electron chi connectivity index (χ4n) is 6.65. The molecule has 8 rings (SSSR count). The molecule has 0 spiro atoms. The molecule has 0 saturated heterocycles. The molecule has 0 atom stereocenters. The minimum atomic E-state index is 0.991. The first-order valence-electron chi connectivity index (χ1n) is 14.3. The minimum absolute atomic E-state index is 0.991. The Kier molecular flexibility index (Phi) is 5.48. The molecule has 0 unspecified atom stereocenters. The molecule has 1 aromatic heterocycles. The van der Waals surface area contributed by atoms with Crippen molar-refractivity contribution in [3.8, 4) is 56.0 Å². The zero-order chi connectivity index (χ0) is 26.5. The van der Waals surface area contributed by atoms with Gasteiger partial charge < -0.3 is 0 Å². The van der Waals surface area contributed by atoms with Crippen molar-refractivity contribution in [2.75, 3.05) is 0 Å². The highest BCUT2D eigenvalue weighted by Crippen LogP contribution is 2.48. The summed E-state index contributed by atoms with van der Waals surface area (Å²) in [5, 5.41) is 0. The molecule has 2 aliphatic carbocycles. The number of fused-ring (bicyclic) bond motifs is 6. The summed E-state index contributed by atoms with van der Waals surface area (Å²) < 4.78 is 7.12. The number of hydrogen-bond acceptors (Lipinski definition) is 0. The van der Waals surface area contributed by atoms with Crippen molar-refractivity contribution in [3.05, 3.63) is 150 Å². The van der Waals surface area contributed by atoms with Gasteiger partial charge in [0.1, 0.15) is 0 Å². The van der Waals surface area contributed by atoms with Crippen LogP contribution in [-0.2, 0) is 25.7 Å². The van der Waals surface area contributed by atoms with Crippen LogP contribution in [0.15, 0.2) is 132 Å². The van der Waals surface area contributed by atoms with Crippen LogP contribution in [0.3, 0.4) is 0 Å². The quantitative estimate of drug-likeness (QED) is 0.214. The summed E-state index contributed by atoms with van der Waals surface area (Å²) in [6.45, 7) is 0. The summed E-state index contributed by atoms with van der Waals surface area (Å²) in [4.78, 5) is 0. The highest BCUT2D eigenvalue weighted by molar-refractivity contribution is 5.88. The van der Waals surface area contributed by atoms with Crippen molar-refractivity contribution in [2.45, 2.75) is 25.7 Å². The Labute approximate surface area is 235 Å². The Balaban J connectivity index is 1.39. The molecule has 0 amide bonds. The van der Waals surface area contributed by atoms with Gasteiger partial charge in [0.15, 0.2) is 0 Å². The fraction of sp³-hybridized carbons (Fsp3) is 0.103. The predicted molar refractivity (Wildman–Crippen MR) is 165 cm³/mol. The van der Waals surface area contributed by atoms with E-state index in [-0.39, 0.29) is 0 Å². The summed E-state index contributed by atoms with van der Waals surface area (Å²) in [6, 6.07) is 46.1. The second-order valence-electron chi connectivity index (χ2n) is 10.9.